The Bertz CT molecular complexity index is 620. The van der Waals surface area contributed by atoms with E-state index in [1.807, 2.05) is 12.1 Å². The standard InChI is InChI=1S/C15H14FN3/c1-2-19-10-14(11-5-7-12(16)8-6-11)18-13-4-3-9-17-15(13)19/h3-9H,2,10H2,1H3. The van der Waals surface area contributed by atoms with Gasteiger partial charge in [0.05, 0.1) is 12.3 Å². The maximum absolute atomic E-state index is 13.0. The lowest BCUT2D eigenvalue weighted by molar-refractivity contribution is 0.627. The average molecular weight is 255 g/mol. The largest absolute Gasteiger partial charge is 0.349 e. The third kappa shape index (κ3) is 2.21. The second-order valence-corrected chi connectivity index (χ2v) is 4.43. The number of hydrogen-bond acceptors (Lipinski definition) is 3. The number of benzene rings is 1. The minimum atomic E-state index is -0.227. The van der Waals surface area contributed by atoms with Gasteiger partial charge in [0.1, 0.15) is 11.5 Å². The average Bonchev–Trinajstić information content (AvgIpc) is 2.47. The van der Waals surface area contributed by atoms with Crippen LogP contribution in [0.25, 0.3) is 0 Å². The predicted molar refractivity (Wildman–Crippen MR) is 74.7 cm³/mol. The fraction of sp³-hybridized carbons (Fsp3) is 0.200. The fourth-order valence-electron chi connectivity index (χ4n) is 2.22. The normalized spacial score (nSPS) is 14.0. The Morgan fingerprint density at radius 1 is 1.21 bits per heavy atom. The highest BCUT2D eigenvalue weighted by Gasteiger charge is 2.19. The number of halogens is 1. The molecule has 1 aromatic heterocycles. The van der Waals surface area contributed by atoms with Crippen LogP contribution in [0.4, 0.5) is 15.9 Å². The third-order valence-corrected chi connectivity index (χ3v) is 3.22. The predicted octanol–water partition coefficient (Wildman–Crippen LogP) is 3.18. The van der Waals surface area contributed by atoms with Crippen LogP contribution in [0.15, 0.2) is 47.6 Å². The zero-order chi connectivity index (χ0) is 13.2. The van der Waals surface area contributed by atoms with E-state index in [-0.39, 0.29) is 5.82 Å². The first kappa shape index (κ1) is 11.8. The minimum Gasteiger partial charge on any atom is -0.349 e. The lowest BCUT2D eigenvalue weighted by Gasteiger charge is -2.28. The van der Waals surface area contributed by atoms with Gasteiger partial charge in [0.2, 0.25) is 0 Å². The lowest BCUT2D eigenvalue weighted by Crippen LogP contribution is -2.33. The molecule has 0 saturated heterocycles. The summed E-state index contributed by atoms with van der Waals surface area (Å²) in [5, 5.41) is 0. The molecule has 4 heteroatoms. The summed E-state index contributed by atoms with van der Waals surface area (Å²) in [4.78, 5) is 11.2. The van der Waals surface area contributed by atoms with Crippen LogP contribution in [0.2, 0.25) is 0 Å². The first-order valence-corrected chi connectivity index (χ1v) is 6.31. The Balaban J connectivity index is 2.05. The van der Waals surface area contributed by atoms with Gasteiger partial charge in [0.15, 0.2) is 5.82 Å². The van der Waals surface area contributed by atoms with Gasteiger partial charge < -0.3 is 4.90 Å². The van der Waals surface area contributed by atoms with E-state index in [2.05, 4.69) is 21.8 Å². The van der Waals surface area contributed by atoms with Gasteiger partial charge in [-0.1, -0.05) is 12.1 Å². The summed E-state index contributed by atoms with van der Waals surface area (Å²) in [7, 11) is 0. The highest BCUT2D eigenvalue weighted by molar-refractivity contribution is 6.07. The van der Waals surface area contributed by atoms with E-state index < -0.39 is 0 Å². The number of fused-ring (bicyclic) bond motifs is 1. The van der Waals surface area contributed by atoms with Crippen molar-refractivity contribution >= 4 is 17.2 Å². The van der Waals surface area contributed by atoms with Crippen LogP contribution < -0.4 is 4.90 Å². The van der Waals surface area contributed by atoms with E-state index in [4.69, 9.17) is 0 Å². The minimum absolute atomic E-state index is 0.227. The molecule has 2 aromatic rings. The summed E-state index contributed by atoms with van der Waals surface area (Å²) < 4.78 is 13.0. The molecule has 0 amide bonds. The Kier molecular flexibility index (Phi) is 2.99. The number of aromatic nitrogens is 1. The van der Waals surface area contributed by atoms with E-state index in [0.29, 0.717) is 6.54 Å². The number of rotatable bonds is 2. The molecular formula is C15H14FN3. The third-order valence-electron chi connectivity index (χ3n) is 3.22. The van der Waals surface area contributed by atoms with Crippen LogP contribution in [0.5, 0.6) is 0 Å². The summed E-state index contributed by atoms with van der Waals surface area (Å²) in [6, 6.07) is 10.3. The van der Waals surface area contributed by atoms with Crippen molar-refractivity contribution in [3.63, 3.8) is 0 Å². The van der Waals surface area contributed by atoms with Crippen molar-refractivity contribution in [1.82, 2.24) is 4.98 Å². The molecule has 3 nitrogen and oxygen atoms in total. The van der Waals surface area contributed by atoms with Crippen molar-refractivity contribution < 1.29 is 4.39 Å². The molecule has 0 saturated carbocycles. The SMILES string of the molecule is CCN1CC(c2ccc(F)cc2)=Nc2cccnc21. The van der Waals surface area contributed by atoms with Gasteiger partial charge in [-0.05, 0) is 36.8 Å². The molecule has 2 heterocycles. The summed E-state index contributed by atoms with van der Waals surface area (Å²) in [5.74, 6) is 0.686. The number of aliphatic imine (C=N–C) groups is 1. The van der Waals surface area contributed by atoms with Crippen molar-refractivity contribution in [2.24, 2.45) is 4.99 Å². The molecular weight excluding hydrogens is 241 g/mol. The van der Waals surface area contributed by atoms with E-state index in [1.54, 1.807) is 18.3 Å². The first-order chi connectivity index (χ1) is 9.28. The molecule has 0 fully saturated rings. The Labute approximate surface area is 111 Å². The Morgan fingerprint density at radius 2 is 2.00 bits per heavy atom. The summed E-state index contributed by atoms with van der Waals surface area (Å²) in [5.41, 5.74) is 2.77. The molecule has 3 rings (SSSR count). The second-order valence-electron chi connectivity index (χ2n) is 4.43. The Hall–Kier alpha value is -2.23. The molecule has 0 spiro atoms. The van der Waals surface area contributed by atoms with Gasteiger partial charge >= 0.3 is 0 Å². The molecule has 0 radical (unpaired) electrons. The fourth-order valence-corrected chi connectivity index (χ4v) is 2.22. The van der Waals surface area contributed by atoms with Crippen LogP contribution in [0.3, 0.4) is 0 Å². The number of pyridine rings is 1. The molecule has 1 aliphatic rings. The zero-order valence-electron chi connectivity index (χ0n) is 10.7. The summed E-state index contributed by atoms with van der Waals surface area (Å²) in [6.45, 7) is 3.66. The molecule has 0 aliphatic carbocycles. The molecule has 96 valence electrons. The van der Waals surface area contributed by atoms with Crippen LogP contribution in [-0.4, -0.2) is 23.8 Å². The second kappa shape index (κ2) is 4.80. The molecule has 0 atom stereocenters. The zero-order valence-corrected chi connectivity index (χ0v) is 10.7. The van der Waals surface area contributed by atoms with Gasteiger partial charge in [-0.25, -0.2) is 14.4 Å². The topological polar surface area (TPSA) is 28.5 Å². The van der Waals surface area contributed by atoms with E-state index in [0.717, 1.165) is 29.3 Å². The quantitative estimate of drug-likeness (QED) is 0.824. The van der Waals surface area contributed by atoms with Crippen LogP contribution >= 0.6 is 0 Å². The van der Waals surface area contributed by atoms with E-state index >= 15 is 0 Å². The van der Waals surface area contributed by atoms with Crippen molar-refractivity contribution in [1.29, 1.82) is 0 Å². The maximum Gasteiger partial charge on any atom is 0.154 e. The van der Waals surface area contributed by atoms with Gasteiger partial charge in [0, 0.05) is 12.7 Å². The van der Waals surface area contributed by atoms with Crippen LogP contribution in [-0.2, 0) is 0 Å². The van der Waals surface area contributed by atoms with Crippen molar-refractivity contribution in [2.75, 3.05) is 18.0 Å². The van der Waals surface area contributed by atoms with Gasteiger partial charge in [-0.3, -0.25) is 0 Å². The number of anilines is 1. The van der Waals surface area contributed by atoms with Crippen LogP contribution in [0, 0.1) is 5.82 Å². The van der Waals surface area contributed by atoms with E-state index in [9.17, 15) is 4.39 Å². The maximum atomic E-state index is 13.0. The highest BCUT2D eigenvalue weighted by Crippen LogP contribution is 2.30. The molecule has 1 aliphatic heterocycles. The highest BCUT2D eigenvalue weighted by atomic mass is 19.1. The van der Waals surface area contributed by atoms with Crippen molar-refractivity contribution in [2.45, 2.75) is 6.92 Å². The van der Waals surface area contributed by atoms with Gasteiger partial charge in [-0.2, -0.15) is 0 Å². The molecule has 0 bridgehead atoms. The number of hydrogen-bond donors (Lipinski definition) is 0. The van der Waals surface area contributed by atoms with Crippen molar-refractivity contribution in [3.05, 3.63) is 54.0 Å². The van der Waals surface area contributed by atoms with Crippen LogP contribution in [0.1, 0.15) is 12.5 Å². The summed E-state index contributed by atoms with van der Waals surface area (Å²) >= 11 is 0. The first-order valence-electron chi connectivity index (χ1n) is 6.31. The monoisotopic (exact) mass is 255 g/mol. The Morgan fingerprint density at radius 3 is 2.74 bits per heavy atom. The smallest absolute Gasteiger partial charge is 0.154 e. The van der Waals surface area contributed by atoms with Gasteiger partial charge in [0.25, 0.3) is 0 Å². The molecule has 0 N–H and O–H groups in total. The number of likely N-dealkylation sites (N-methyl/N-ethyl adjacent to an activating group) is 1. The molecule has 1 aromatic carbocycles. The van der Waals surface area contributed by atoms with Crippen molar-refractivity contribution in [3.8, 4) is 0 Å². The molecule has 0 unspecified atom stereocenters. The van der Waals surface area contributed by atoms with Gasteiger partial charge in [-0.15, -0.1) is 0 Å². The lowest BCUT2D eigenvalue weighted by atomic mass is 10.1. The summed E-state index contributed by atoms with van der Waals surface area (Å²) in [6.07, 6.45) is 1.78. The number of nitrogens with zero attached hydrogens (tertiary/aromatic N) is 3. The molecule has 19 heavy (non-hydrogen) atoms. The van der Waals surface area contributed by atoms with E-state index in [1.165, 1.54) is 12.1 Å².